The molecule has 0 radical (unpaired) electrons. The van der Waals surface area contributed by atoms with E-state index in [1.54, 1.807) is 12.1 Å². The summed E-state index contributed by atoms with van der Waals surface area (Å²) in [4.78, 5) is 0.257. The summed E-state index contributed by atoms with van der Waals surface area (Å²) in [6, 6.07) is 4.83. The van der Waals surface area contributed by atoms with Crippen LogP contribution in [0.25, 0.3) is 0 Å². The highest BCUT2D eigenvalue weighted by atomic mass is 79.9. The zero-order valence-electron chi connectivity index (χ0n) is 8.82. The van der Waals surface area contributed by atoms with E-state index in [2.05, 4.69) is 15.9 Å². The molecule has 0 atom stereocenters. The molecule has 1 aromatic carbocycles. The van der Waals surface area contributed by atoms with E-state index in [1.807, 2.05) is 13.8 Å². The first-order chi connectivity index (χ1) is 6.79. The molecular weight excluding hydrogens is 280 g/mol. The van der Waals surface area contributed by atoms with Gasteiger partial charge in [0.1, 0.15) is 5.75 Å². The van der Waals surface area contributed by atoms with E-state index in [9.17, 15) is 8.42 Å². The lowest BCUT2D eigenvalue weighted by Crippen LogP contribution is -2.06. The summed E-state index contributed by atoms with van der Waals surface area (Å²) in [6.45, 7) is 3.78. The molecule has 0 aliphatic carbocycles. The van der Waals surface area contributed by atoms with Crippen LogP contribution in [0.5, 0.6) is 5.75 Å². The predicted molar refractivity (Wildman–Crippen MR) is 63.0 cm³/mol. The lowest BCUT2D eigenvalue weighted by molar-refractivity contribution is 0.241. The van der Waals surface area contributed by atoms with Gasteiger partial charge in [-0.25, -0.2) is 8.42 Å². The minimum Gasteiger partial charge on any atom is -0.491 e. The van der Waals surface area contributed by atoms with Crippen molar-refractivity contribution in [2.24, 2.45) is 0 Å². The Morgan fingerprint density at radius 2 is 1.87 bits per heavy atom. The normalized spacial score (nSPS) is 11.8. The minimum atomic E-state index is -3.19. The minimum absolute atomic E-state index is 0.0201. The number of halogens is 1. The van der Waals surface area contributed by atoms with Gasteiger partial charge in [-0.05, 0) is 32.0 Å². The molecule has 0 spiro atoms. The molecule has 0 bridgehead atoms. The molecule has 3 nitrogen and oxygen atoms in total. The van der Waals surface area contributed by atoms with E-state index in [0.29, 0.717) is 10.2 Å². The molecule has 0 aliphatic heterocycles. The average Bonchev–Trinajstić information content (AvgIpc) is 1.99. The summed E-state index contributed by atoms with van der Waals surface area (Å²) < 4.78 is 28.8. The van der Waals surface area contributed by atoms with Gasteiger partial charge < -0.3 is 4.74 Å². The Morgan fingerprint density at radius 1 is 1.27 bits per heavy atom. The number of rotatable bonds is 3. The van der Waals surface area contributed by atoms with Gasteiger partial charge in [-0.1, -0.05) is 15.9 Å². The highest BCUT2D eigenvalue weighted by Crippen LogP contribution is 2.25. The Kier molecular flexibility index (Phi) is 3.78. The molecule has 0 heterocycles. The first-order valence-electron chi connectivity index (χ1n) is 4.46. The molecule has 15 heavy (non-hydrogen) atoms. The van der Waals surface area contributed by atoms with Crippen LogP contribution in [0.2, 0.25) is 0 Å². The predicted octanol–water partition coefficient (Wildman–Crippen LogP) is 2.64. The van der Waals surface area contributed by atoms with E-state index >= 15 is 0 Å². The van der Waals surface area contributed by atoms with Crippen LogP contribution < -0.4 is 4.74 Å². The Balaban J connectivity index is 3.17. The van der Waals surface area contributed by atoms with Crippen molar-refractivity contribution in [2.45, 2.75) is 24.8 Å². The molecule has 0 aromatic heterocycles. The molecular formula is C10H13BrO3S. The fourth-order valence-electron chi connectivity index (χ4n) is 1.09. The van der Waals surface area contributed by atoms with Gasteiger partial charge in [-0.15, -0.1) is 0 Å². The molecule has 0 N–H and O–H groups in total. The highest BCUT2D eigenvalue weighted by molar-refractivity contribution is 9.10. The fourth-order valence-corrected chi connectivity index (χ4v) is 2.39. The van der Waals surface area contributed by atoms with E-state index in [1.165, 1.54) is 12.3 Å². The molecule has 84 valence electrons. The third-order valence-corrected chi connectivity index (χ3v) is 3.19. The van der Waals surface area contributed by atoms with Crippen molar-refractivity contribution in [1.82, 2.24) is 0 Å². The Labute approximate surface area is 98.5 Å². The first kappa shape index (κ1) is 12.5. The molecule has 0 unspecified atom stereocenters. The topological polar surface area (TPSA) is 43.4 Å². The van der Waals surface area contributed by atoms with Gasteiger partial charge in [0.05, 0.1) is 11.0 Å². The maximum Gasteiger partial charge on any atom is 0.175 e. The SMILES string of the molecule is CC(C)Oc1cc(Br)cc(S(C)(=O)=O)c1. The van der Waals surface area contributed by atoms with Crippen LogP contribution in [-0.4, -0.2) is 20.8 Å². The highest BCUT2D eigenvalue weighted by Gasteiger charge is 2.10. The Bertz CT molecular complexity index is 452. The third kappa shape index (κ3) is 3.83. The van der Waals surface area contributed by atoms with Crippen LogP contribution in [0.15, 0.2) is 27.6 Å². The number of hydrogen-bond donors (Lipinski definition) is 0. The van der Waals surface area contributed by atoms with Crippen molar-refractivity contribution in [1.29, 1.82) is 0 Å². The molecule has 0 amide bonds. The van der Waals surface area contributed by atoms with E-state index < -0.39 is 9.84 Å². The van der Waals surface area contributed by atoms with E-state index in [-0.39, 0.29) is 11.0 Å². The summed E-state index contributed by atoms with van der Waals surface area (Å²) in [6.07, 6.45) is 1.19. The second-order valence-electron chi connectivity index (χ2n) is 3.56. The monoisotopic (exact) mass is 292 g/mol. The standard InChI is InChI=1S/C10H13BrO3S/c1-7(2)14-9-4-8(11)5-10(6-9)15(3,12)13/h4-7H,1-3H3. The van der Waals surface area contributed by atoms with Crippen molar-refractivity contribution < 1.29 is 13.2 Å². The smallest absolute Gasteiger partial charge is 0.175 e. The summed E-state index contributed by atoms with van der Waals surface area (Å²) in [7, 11) is -3.19. The second-order valence-corrected chi connectivity index (χ2v) is 6.49. The van der Waals surface area contributed by atoms with Gasteiger partial charge in [-0.3, -0.25) is 0 Å². The van der Waals surface area contributed by atoms with Gasteiger partial charge in [0.25, 0.3) is 0 Å². The van der Waals surface area contributed by atoms with Crippen molar-refractivity contribution >= 4 is 25.8 Å². The summed E-state index contributed by atoms with van der Waals surface area (Å²) in [5.41, 5.74) is 0. The molecule has 0 fully saturated rings. The van der Waals surface area contributed by atoms with Crippen LogP contribution in [0.4, 0.5) is 0 Å². The third-order valence-electron chi connectivity index (χ3n) is 1.64. The van der Waals surface area contributed by atoms with Crippen molar-refractivity contribution in [3.05, 3.63) is 22.7 Å². The number of benzene rings is 1. The van der Waals surface area contributed by atoms with Crippen molar-refractivity contribution in [2.75, 3.05) is 6.26 Å². The molecule has 5 heteroatoms. The van der Waals surface area contributed by atoms with Crippen LogP contribution in [0.1, 0.15) is 13.8 Å². The maximum atomic E-state index is 11.3. The molecule has 0 aliphatic rings. The quantitative estimate of drug-likeness (QED) is 0.860. The lowest BCUT2D eigenvalue weighted by Gasteiger charge is -2.11. The second kappa shape index (κ2) is 4.53. The van der Waals surface area contributed by atoms with Crippen molar-refractivity contribution in [3.8, 4) is 5.75 Å². The molecule has 1 rings (SSSR count). The Morgan fingerprint density at radius 3 is 2.33 bits per heavy atom. The van der Waals surface area contributed by atoms with Crippen LogP contribution in [0, 0.1) is 0 Å². The zero-order chi connectivity index (χ0) is 11.6. The number of ether oxygens (including phenoxy) is 1. The van der Waals surface area contributed by atoms with Crippen LogP contribution in [0.3, 0.4) is 0 Å². The van der Waals surface area contributed by atoms with Gasteiger partial charge in [0.15, 0.2) is 9.84 Å². The fraction of sp³-hybridized carbons (Fsp3) is 0.400. The lowest BCUT2D eigenvalue weighted by atomic mass is 10.3. The average molecular weight is 293 g/mol. The summed E-state index contributed by atoms with van der Waals surface area (Å²) >= 11 is 3.25. The molecule has 1 aromatic rings. The van der Waals surface area contributed by atoms with Gasteiger partial charge in [-0.2, -0.15) is 0 Å². The zero-order valence-corrected chi connectivity index (χ0v) is 11.2. The van der Waals surface area contributed by atoms with Gasteiger partial charge in [0, 0.05) is 10.7 Å². The largest absolute Gasteiger partial charge is 0.491 e. The van der Waals surface area contributed by atoms with Crippen LogP contribution >= 0.6 is 15.9 Å². The summed E-state index contributed by atoms with van der Waals surface area (Å²) in [5, 5.41) is 0. The Hall–Kier alpha value is -0.550. The number of sulfone groups is 1. The van der Waals surface area contributed by atoms with Crippen molar-refractivity contribution in [3.63, 3.8) is 0 Å². The van der Waals surface area contributed by atoms with Gasteiger partial charge in [0.2, 0.25) is 0 Å². The molecule has 0 saturated carbocycles. The maximum absolute atomic E-state index is 11.3. The van der Waals surface area contributed by atoms with Gasteiger partial charge >= 0.3 is 0 Å². The summed E-state index contributed by atoms with van der Waals surface area (Å²) in [5.74, 6) is 0.555. The number of hydrogen-bond acceptors (Lipinski definition) is 3. The van der Waals surface area contributed by atoms with E-state index in [4.69, 9.17) is 4.74 Å². The molecule has 0 saturated heterocycles. The first-order valence-corrected chi connectivity index (χ1v) is 7.15. The van der Waals surface area contributed by atoms with E-state index in [0.717, 1.165) is 0 Å². The van der Waals surface area contributed by atoms with Crippen LogP contribution in [-0.2, 0) is 9.84 Å².